The van der Waals surface area contributed by atoms with E-state index in [-0.39, 0.29) is 0 Å². The van der Waals surface area contributed by atoms with Gasteiger partial charge in [0.2, 0.25) is 0 Å². The largest absolute Gasteiger partial charge is 0.418 e. The summed E-state index contributed by atoms with van der Waals surface area (Å²) in [4.78, 5) is 0. The zero-order chi connectivity index (χ0) is 8.74. The van der Waals surface area contributed by atoms with E-state index >= 15 is 0 Å². The van der Waals surface area contributed by atoms with Crippen LogP contribution in [0.3, 0.4) is 0 Å². The molecule has 0 atom stereocenters. The van der Waals surface area contributed by atoms with Crippen LogP contribution < -0.4 is 0 Å². The lowest BCUT2D eigenvalue weighted by molar-refractivity contribution is 0.130. The lowest BCUT2D eigenvalue weighted by Gasteiger charge is -2.16. The molecule has 0 saturated carbocycles. The molecule has 0 bridgehead atoms. The molecule has 0 aromatic rings. The van der Waals surface area contributed by atoms with Crippen LogP contribution in [0, 0.1) is 0 Å². The van der Waals surface area contributed by atoms with Gasteiger partial charge in [0.15, 0.2) is 8.32 Å². The zero-order valence-corrected chi connectivity index (χ0v) is 9.14. The molecule has 68 valence electrons. The van der Waals surface area contributed by atoms with Crippen molar-refractivity contribution in [1.29, 1.82) is 0 Å². The van der Waals surface area contributed by atoms with E-state index in [9.17, 15) is 0 Å². The van der Waals surface area contributed by atoms with E-state index in [1.54, 1.807) is 0 Å². The highest BCUT2D eigenvalue weighted by Gasteiger charge is 2.12. The third-order valence-electron chi connectivity index (χ3n) is 1.17. The normalized spacial score (nSPS) is 12.0. The fourth-order valence-corrected chi connectivity index (χ4v) is 1.44. The summed E-state index contributed by atoms with van der Waals surface area (Å²) in [5.41, 5.74) is 0. The molecule has 0 fully saturated rings. The molecule has 11 heavy (non-hydrogen) atoms. The van der Waals surface area contributed by atoms with Crippen molar-refractivity contribution >= 4 is 8.32 Å². The molecule has 0 amide bonds. The monoisotopic (exact) mass is 176 g/mol. The Bertz CT molecular complexity index is 88.6. The molecule has 0 unspecified atom stereocenters. The van der Waals surface area contributed by atoms with Crippen LogP contribution in [0.1, 0.15) is 13.3 Å². The van der Waals surface area contributed by atoms with Gasteiger partial charge < -0.3 is 9.16 Å². The Kier molecular flexibility index (Phi) is 5.82. The van der Waals surface area contributed by atoms with Crippen molar-refractivity contribution in [2.75, 3.05) is 19.8 Å². The third kappa shape index (κ3) is 10.1. The number of hydrogen-bond donors (Lipinski definition) is 0. The van der Waals surface area contributed by atoms with Crippen LogP contribution in [0.5, 0.6) is 0 Å². The SMILES string of the molecule is CCOCCCO[Si](C)(C)C. The molecule has 0 N–H and O–H groups in total. The molecule has 2 nitrogen and oxygen atoms in total. The van der Waals surface area contributed by atoms with Crippen molar-refractivity contribution in [1.82, 2.24) is 0 Å². The van der Waals surface area contributed by atoms with E-state index in [0.29, 0.717) is 0 Å². The molecular weight excluding hydrogens is 156 g/mol. The third-order valence-corrected chi connectivity index (χ3v) is 2.24. The average molecular weight is 176 g/mol. The van der Waals surface area contributed by atoms with Gasteiger partial charge >= 0.3 is 0 Å². The highest BCUT2D eigenvalue weighted by Crippen LogP contribution is 2.02. The van der Waals surface area contributed by atoms with Gasteiger partial charge in [-0.15, -0.1) is 0 Å². The van der Waals surface area contributed by atoms with Gasteiger partial charge in [-0.25, -0.2) is 0 Å². The van der Waals surface area contributed by atoms with Crippen molar-refractivity contribution in [2.24, 2.45) is 0 Å². The van der Waals surface area contributed by atoms with Crippen molar-refractivity contribution < 1.29 is 9.16 Å². The van der Waals surface area contributed by atoms with Crippen LogP contribution >= 0.6 is 0 Å². The molecule has 0 aliphatic rings. The van der Waals surface area contributed by atoms with Crippen LogP contribution in [-0.2, 0) is 9.16 Å². The van der Waals surface area contributed by atoms with Gasteiger partial charge in [-0.3, -0.25) is 0 Å². The van der Waals surface area contributed by atoms with Crippen LogP contribution in [0.4, 0.5) is 0 Å². The van der Waals surface area contributed by atoms with Crippen LogP contribution in [-0.4, -0.2) is 28.1 Å². The van der Waals surface area contributed by atoms with Gasteiger partial charge in [0.1, 0.15) is 0 Å². The van der Waals surface area contributed by atoms with E-state index < -0.39 is 8.32 Å². The van der Waals surface area contributed by atoms with Crippen LogP contribution in [0.25, 0.3) is 0 Å². The second kappa shape index (κ2) is 5.74. The fraction of sp³-hybridized carbons (Fsp3) is 1.00. The first-order valence-corrected chi connectivity index (χ1v) is 7.69. The summed E-state index contributed by atoms with van der Waals surface area (Å²) < 4.78 is 10.8. The fourth-order valence-electron chi connectivity index (χ4n) is 0.684. The van der Waals surface area contributed by atoms with E-state index in [2.05, 4.69) is 19.6 Å². The van der Waals surface area contributed by atoms with E-state index in [0.717, 1.165) is 26.2 Å². The summed E-state index contributed by atoms with van der Waals surface area (Å²) >= 11 is 0. The molecule has 0 aromatic carbocycles. The first-order valence-electron chi connectivity index (χ1n) is 4.28. The molecule has 0 aliphatic heterocycles. The standard InChI is InChI=1S/C8H20O2Si/c1-5-9-7-6-8-10-11(2,3)4/h5-8H2,1-4H3. The maximum atomic E-state index is 5.63. The van der Waals surface area contributed by atoms with Crippen LogP contribution in [0.15, 0.2) is 0 Å². The van der Waals surface area contributed by atoms with Crippen molar-refractivity contribution in [3.8, 4) is 0 Å². The Morgan fingerprint density at radius 1 is 1.09 bits per heavy atom. The summed E-state index contributed by atoms with van der Waals surface area (Å²) in [6, 6.07) is 0. The van der Waals surface area contributed by atoms with Gasteiger partial charge in [0, 0.05) is 19.8 Å². The minimum Gasteiger partial charge on any atom is -0.418 e. The van der Waals surface area contributed by atoms with E-state index in [1.807, 2.05) is 6.92 Å². The molecule has 0 rings (SSSR count). The lowest BCUT2D eigenvalue weighted by atomic mass is 10.5. The molecule has 0 spiro atoms. The quantitative estimate of drug-likeness (QED) is 0.456. The van der Waals surface area contributed by atoms with E-state index in [4.69, 9.17) is 9.16 Å². The Morgan fingerprint density at radius 3 is 2.18 bits per heavy atom. The topological polar surface area (TPSA) is 18.5 Å². The summed E-state index contributed by atoms with van der Waals surface area (Å²) in [6.07, 6.45) is 1.03. The zero-order valence-electron chi connectivity index (χ0n) is 8.14. The highest BCUT2D eigenvalue weighted by atomic mass is 28.4. The van der Waals surface area contributed by atoms with Crippen molar-refractivity contribution in [3.63, 3.8) is 0 Å². The van der Waals surface area contributed by atoms with Gasteiger partial charge in [0.05, 0.1) is 0 Å². The molecule has 0 heterocycles. The predicted octanol–water partition coefficient (Wildman–Crippen LogP) is 2.26. The summed E-state index contributed by atoms with van der Waals surface area (Å²) in [6.45, 7) is 11.1. The lowest BCUT2D eigenvalue weighted by Crippen LogP contribution is -2.26. The van der Waals surface area contributed by atoms with Gasteiger partial charge in [-0.2, -0.15) is 0 Å². The number of ether oxygens (including phenoxy) is 1. The molecule has 0 aromatic heterocycles. The first-order chi connectivity index (χ1) is 5.06. The Balaban J connectivity index is 3.02. The number of rotatable bonds is 6. The average Bonchev–Trinajstić information content (AvgIpc) is 1.85. The van der Waals surface area contributed by atoms with Gasteiger partial charge in [-0.05, 0) is 33.0 Å². The second-order valence-corrected chi connectivity index (χ2v) is 8.02. The molecule has 3 heteroatoms. The highest BCUT2D eigenvalue weighted by molar-refractivity contribution is 6.69. The Labute approximate surface area is 71.0 Å². The second-order valence-electron chi connectivity index (χ2n) is 3.51. The van der Waals surface area contributed by atoms with Crippen molar-refractivity contribution in [2.45, 2.75) is 33.0 Å². The predicted molar refractivity (Wildman–Crippen MR) is 50.4 cm³/mol. The molecular formula is C8H20O2Si. The minimum atomic E-state index is -1.27. The first kappa shape index (κ1) is 11.1. The maximum absolute atomic E-state index is 5.63. The van der Waals surface area contributed by atoms with Gasteiger partial charge in [0.25, 0.3) is 0 Å². The Hall–Kier alpha value is 0.137. The Morgan fingerprint density at radius 2 is 1.73 bits per heavy atom. The van der Waals surface area contributed by atoms with Gasteiger partial charge in [-0.1, -0.05) is 0 Å². The molecule has 0 aliphatic carbocycles. The minimum absolute atomic E-state index is 0.812. The molecule has 0 radical (unpaired) electrons. The van der Waals surface area contributed by atoms with Crippen molar-refractivity contribution in [3.05, 3.63) is 0 Å². The van der Waals surface area contributed by atoms with Crippen LogP contribution in [0.2, 0.25) is 19.6 Å². The summed E-state index contributed by atoms with van der Waals surface area (Å²) in [5.74, 6) is 0. The molecule has 0 saturated heterocycles. The van der Waals surface area contributed by atoms with E-state index in [1.165, 1.54) is 0 Å². The summed E-state index contributed by atoms with van der Waals surface area (Å²) in [7, 11) is -1.27. The summed E-state index contributed by atoms with van der Waals surface area (Å²) in [5, 5.41) is 0. The maximum Gasteiger partial charge on any atom is 0.183 e. The number of hydrogen-bond acceptors (Lipinski definition) is 2. The smallest absolute Gasteiger partial charge is 0.183 e.